The van der Waals surface area contributed by atoms with Crippen molar-refractivity contribution in [3.8, 4) is 11.5 Å². The van der Waals surface area contributed by atoms with Gasteiger partial charge in [-0.1, -0.05) is 0 Å². The summed E-state index contributed by atoms with van der Waals surface area (Å²) < 4.78 is 64.4. The van der Waals surface area contributed by atoms with Crippen molar-refractivity contribution in [2.24, 2.45) is 0 Å². The quantitative estimate of drug-likeness (QED) is 0.196. The van der Waals surface area contributed by atoms with Gasteiger partial charge in [0.15, 0.2) is 23.3 Å². The Balaban J connectivity index is 1.72. The van der Waals surface area contributed by atoms with Crippen LogP contribution in [0.25, 0.3) is 10.8 Å². The van der Waals surface area contributed by atoms with E-state index in [1.54, 1.807) is 38.1 Å². The van der Waals surface area contributed by atoms with Gasteiger partial charge >= 0.3 is 11.9 Å². The SMILES string of the molecule is Cc1cc(OC(=O)c2ccc(F)c(F)c2)c2cc(C)cc(OC(=O)c3ccc(F)c(F)c3)c2c1. The lowest BCUT2D eigenvalue weighted by Gasteiger charge is -2.14. The van der Waals surface area contributed by atoms with Crippen LogP contribution in [0, 0.1) is 37.1 Å². The Labute approximate surface area is 191 Å². The summed E-state index contributed by atoms with van der Waals surface area (Å²) >= 11 is 0. The van der Waals surface area contributed by atoms with Gasteiger partial charge < -0.3 is 9.47 Å². The van der Waals surface area contributed by atoms with Gasteiger partial charge in [0.1, 0.15) is 11.5 Å². The van der Waals surface area contributed by atoms with Crippen LogP contribution >= 0.6 is 0 Å². The van der Waals surface area contributed by atoms with Crippen molar-refractivity contribution in [1.29, 1.82) is 0 Å². The fourth-order valence-corrected chi connectivity index (χ4v) is 3.40. The standard InChI is InChI=1S/C26H16F4O4/c1-13-7-17-18(23(9-13)33-25(31)15-3-5-19(27)21(29)11-15)8-14(2)10-24(17)34-26(32)16-4-6-20(28)22(30)12-16/h3-12H,1-2H3. The van der Waals surface area contributed by atoms with E-state index in [4.69, 9.17) is 9.47 Å². The highest BCUT2D eigenvalue weighted by molar-refractivity contribution is 6.00. The maximum absolute atomic E-state index is 13.5. The zero-order chi connectivity index (χ0) is 24.6. The van der Waals surface area contributed by atoms with Gasteiger partial charge in [-0.2, -0.15) is 0 Å². The summed E-state index contributed by atoms with van der Waals surface area (Å²) in [4.78, 5) is 25.1. The molecule has 0 spiro atoms. The number of esters is 2. The zero-order valence-electron chi connectivity index (χ0n) is 17.9. The lowest BCUT2D eigenvalue weighted by molar-refractivity contribution is 0.0725. The van der Waals surface area contributed by atoms with Crippen molar-refractivity contribution in [2.75, 3.05) is 0 Å². The first-order chi connectivity index (χ1) is 16.1. The average molecular weight is 468 g/mol. The molecule has 0 aromatic heterocycles. The van der Waals surface area contributed by atoms with Gasteiger partial charge in [-0.25, -0.2) is 27.2 Å². The first-order valence-electron chi connectivity index (χ1n) is 10.0. The van der Waals surface area contributed by atoms with Crippen LogP contribution in [0.15, 0.2) is 60.7 Å². The zero-order valence-corrected chi connectivity index (χ0v) is 17.9. The van der Waals surface area contributed by atoms with Crippen LogP contribution in [0.4, 0.5) is 17.6 Å². The molecule has 0 radical (unpaired) electrons. The number of aryl methyl sites for hydroxylation is 2. The van der Waals surface area contributed by atoms with Gasteiger partial charge in [-0.3, -0.25) is 0 Å². The minimum atomic E-state index is -1.19. The Morgan fingerprint density at radius 3 is 1.29 bits per heavy atom. The normalized spacial score (nSPS) is 10.9. The molecule has 0 bridgehead atoms. The molecule has 0 aliphatic rings. The van der Waals surface area contributed by atoms with E-state index in [1.807, 2.05) is 0 Å². The van der Waals surface area contributed by atoms with Crippen LogP contribution in [-0.4, -0.2) is 11.9 Å². The number of carbonyl (C=O) groups is 2. The van der Waals surface area contributed by atoms with E-state index < -0.39 is 35.2 Å². The van der Waals surface area contributed by atoms with Crippen LogP contribution in [0.5, 0.6) is 11.5 Å². The van der Waals surface area contributed by atoms with E-state index in [2.05, 4.69) is 0 Å². The maximum Gasteiger partial charge on any atom is 0.343 e. The van der Waals surface area contributed by atoms with Crippen molar-refractivity contribution < 1.29 is 36.6 Å². The fraction of sp³-hybridized carbons (Fsp3) is 0.0769. The second-order valence-corrected chi connectivity index (χ2v) is 7.66. The predicted molar refractivity (Wildman–Crippen MR) is 116 cm³/mol. The highest BCUT2D eigenvalue weighted by Crippen LogP contribution is 2.36. The molecule has 4 rings (SSSR count). The molecule has 0 aliphatic heterocycles. The van der Waals surface area contributed by atoms with E-state index in [-0.39, 0.29) is 22.6 Å². The average Bonchev–Trinajstić information content (AvgIpc) is 2.78. The number of benzene rings is 4. The van der Waals surface area contributed by atoms with Crippen molar-refractivity contribution in [2.45, 2.75) is 13.8 Å². The number of fused-ring (bicyclic) bond motifs is 1. The minimum absolute atomic E-state index is 0.110. The van der Waals surface area contributed by atoms with Gasteiger partial charge in [-0.15, -0.1) is 0 Å². The molecule has 0 unspecified atom stereocenters. The van der Waals surface area contributed by atoms with Crippen LogP contribution in [0.2, 0.25) is 0 Å². The van der Waals surface area contributed by atoms with E-state index >= 15 is 0 Å². The Hall–Kier alpha value is -4.20. The van der Waals surface area contributed by atoms with E-state index in [0.717, 1.165) is 36.4 Å². The van der Waals surface area contributed by atoms with E-state index in [0.29, 0.717) is 21.9 Å². The molecule has 34 heavy (non-hydrogen) atoms. The smallest absolute Gasteiger partial charge is 0.343 e. The largest absolute Gasteiger partial charge is 0.422 e. The van der Waals surface area contributed by atoms with Gasteiger partial charge in [0, 0.05) is 10.8 Å². The second kappa shape index (κ2) is 8.97. The molecule has 0 fully saturated rings. The van der Waals surface area contributed by atoms with Crippen LogP contribution in [-0.2, 0) is 0 Å². The number of hydrogen-bond acceptors (Lipinski definition) is 4. The van der Waals surface area contributed by atoms with Crippen molar-refractivity contribution in [3.63, 3.8) is 0 Å². The lowest BCUT2D eigenvalue weighted by Crippen LogP contribution is -2.11. The third kappa shape index (κ3) is 4.61. The topological polar surface area (TPSA) is 52.6 Å². The van der Waals surface area contributed by atoms with E-state index in [1.165, 1.54) is 0 Å². The predicted octanol–water partition coefficient (Wildman–Crippen LogP) is 6.45. The summed E-state index contributed by atoms with van der Waals surface area (Å²) in [5.74, 6) is -6.17. The van der Waals surface area contributed by atoms with Crippen molar-refractivity contribution in [1.82, 2.24) is 0 Å². The molecule has 0 aliphatic carbocycles. The maximum atomic E-state index is 13.5. The highest BCUT2D eigenvalue weighted by atomic mass is 19.2. The van der Waals surface area contributed by atoms with Crippen molar-refractivity contribution >= 4 is 22.7 Å². The molecule has 4 aromatic rings. The fourth-order valence-electron chi connectivity index (χ4n) is 3.40. The summed E-state index contributed by atoms with van der Waals surface area (Å²) in [6.07, 6.45) is 0. The van der Waals surface area contributed by atoms with Gasteiger partial charge in [0.05, 0.1) is 11.1 Å². The molecule has 0 saturated heterocycles. The Bertz CT molecular complexity index is 1350. The van der Waals surface area contributed by atoms with Crippen molar-refractivity contribution in [3.05, 3.63) is 106 Å². The summed E-state index contributed by atoms with van der Waals surface area (Å²) in [6.45, 7) is 3.43. The number of halogens is 4. The monoisotopic (exact) mass is 468 g/mol. The summed E-state index contributed by atoms with van der Waals surface area (Å²) in [5, 5.41) is 0.823. The second-order valence-electron chi connectivity index (χ2n) is 7.66. The molecule has 0 saturated carbocycles. The van der Waals surface area contributed by atoms with Crippen LogP contribution in [0.3, 0.4) is 0 Å². The third-order valence-corrected chi connectivity index (χ3v) is 5.00. The summed E-state index contributed by atoms with van der Waals surface area (Å²) in [6, 6.07) is 11.8. The third-order valence-electron chi connectivity index (χ3n) is 5.00. The minimum Gasteiger partial charge on any atom is -0.422 e. The molecule has 8 heteroatoms. The first kappa shape index (κ1) is 23.0. The molecule has 0 atom stereocenters. The molecule has 0 amide bonds. The lowest BCUT2D eigenvalue weighted by atomic mass is 10.0. The molecule has 0 heterocycles. The van der Waals surface area contributed by atoms with Crippen LogP contribution in [0.1, 0.15) is 31.8 Å². The number of carbonyl (C=O) groups excluding carboxylic acids is 2. The van der Waals surface area contributed by atoms with E-state index in [9.17, 15) is 27.2 Å². The molecule has 0 N–H and O–H groups in total. The van der Waals surface area contributed by atoms with Gasteiger partial charge in [0.25, 0.3) is 0 Å². The molecule has 4 aromatic carbocycles. The number of rotatable bonds is 4. The number of hydrogen-bond donors (Lipinski definition) is 0. The first-order valence-corrected chi connectivity index (χ1v) is 10.0. The summed E-state index contributed by atoms with van der Waals surface area (Å²) in [7, 11) is 0. The highest BCUT2D eigenvalue weighted by Gasteiger charge is 2.18. The summed E-state index contributed by atoms with van der Waals surface area (Å²) in [5.41, 5.74) is 0.918. The molecular weight excluding hydrogens is 452 g/mol. The van der Waals surface area contributed by atoms with Gasteiger partial charge in [-0.05, 0) is 85.6 Å². The molecule has 172 valence electrons. The molecular formula is C26H16F4O4. The van der Waals surface area contributed by atoms with Gasteiger partial charge in [0.2, 0.25) is 0 Å². The Kier molecular flexibility index (Phi) is 6.06. The Morgan fingerprint density at radius 1 is 0.559 bits per heavy atom. The Morgan fingerprint density at radius 2 is 0.941 bits per heavy atom. The van der Waals surface area contributed by atoms with Crippen LogP contribution < -0.4 is 9.47 Å². The molecule has 4 nitrogen and oxygen atoms in total. The number of ether oxygens (including phenoxy) is 2.